The van der Waals surface area contributed by atoms with Gasteiger partial charge in [0.25, 0.3) is 0 Å². The molecule has 0 unspecified atom stereocenters. The van der Waals surface area contributed by atoms with E-state index in [1.165, 1.54) is 14.2 Å². The maximum atomic E-state index is 13.6. The van der Waals surface area contributed by atoms with Gasteiger partial charge in [0, 0.05) is 5.92 Å². The minimum atomic E-state index is -1.02. The lowest BCUT2D eigenvalue weighted by molar-refractivity contribution is -0.149. The van der Waals surface area contributed by atoms with Gasteiger partial charge in [-0.2, -0.15) is 0 Å². The Hall–Kier alpha value is -3.39. The van der Waals surface area contributed by atoms with Crippen LogP contribution in [0.25, 0.3) is 0 Å². The summed E-state index contributed by atoms with van der Waals surface area (Å²) in [5.41, 5.74) is 2.77. The van der Waals surface area contributed by atoms with Crippen LogP contribution in [0.2, 0.25) is 0 Å². The number of benzene rings is 2. The third-order valence-corrected chi connectivity index (χ3v) is 6.77. The number of esters is 1. The van der Waals surface area contributed by atoms with Crippen LogP contribution < -0.4 is 14.8 Å². The Morgan fingerprint density at radius 1 is 1.00 bits per heavy atom. The van der Waals surface area contributed by atoms with Crippen LogP contribution in [0.5, 0.6) is 11.5 Å². The van der Waals surface area contributed by atoms with Crippen molar-refractivity contribution in [2.75, 3.05) is 20.8 Å². The van der Waals surface area contributed by atoms with E-state index in [1.807, 2.05) is 36.4 Å². The van der Waals surface area contributed by atoms with Gasteiger partial charge in [-0.3, -0.25) is 19.7 Å². The Labute approximate surface area is 211 Å². The number of ketones is 1. The highest BCUT2D eigenvalue weighted by atomic mass is 16.5. The Morgan fingerprint density at radius 2 is 1.58 bits per heavy atom. The molecule has 0 fully saturated rings. The van der Waals surface area contributed by atoms with Crippen molar-refractivity contribution in [3.8, 4) is 11.5 Å². The molecule has 0 saturated heterocycles. The van der Waals surface area contributed by atoms with E-state index >= 15 is 0 Å². The number of carboxylic acids is 1. The topological polar surface area (TPSA) is 111 Å². The van der Waals surface area contributed by atoms with Crippen molar-refractivity contribution >= 4 is 17.7 Å². The van der Waals surface area contributed by atoms with Gasteiger partial charge in [0.05, 0.1) is 32.8 Å². The van der Waals surface area contributed by atoms with E-state index in [0.717, 1.165) is 16.7 Å². The van der Waals surface area contributed by atoms with Gasteiger partial charge in [-0.1, -0.05) is 30.3 Å². The zero-order valence-electron chi connectivity index (χ0n) is 21.3. The lowest BCUT2D eigenvalue weighted by Crippen LogP contribution is -2.50. The molecule has 2 N–H and O–H groups in total. The summed E-state index contributed by atoms with van der Waals surface area (Å²) < 4.78 is 16.0. The molecule has 194 valence electrons. The van der Waals surface area contributed by atoms with Gasteiger partial charge in [0.2, 0.25) is 0 Å². The fourth-order valence-corrected chi connectivity index (χ4v) is 4.83. The molecule has 4 atom stereocenters. The fourth-order valence-electron chi connectivity index (χ4n) is 4.83. The van der Waals surface area contributed by atoms with Crippen LogP contribution >= 0.6 is 0 Å². The third kappa shape index (κ3) is 6.43. The van der Waals surface area contributed by atoms with Gasteiger partial charge < -0.3 is 19.3 Å². The molecule has 0 amide bonds. The summed E-state index contributed by atoms with van der Waals surface area (Å²) in [5, 5.41) is 13.1. The van der Waals surface area contributed by atoms with Crippen molar-refractivity contribution in [3.05, 3.63) is 59.2 Å². The molecule has 8 heteroatoms. The maximum absolute atomic E-state index is 13.6. The van der Waals surface area contributed by atoms with Gasteiger partial charge in [-0.25, -0.2) is 0 Å². The molecule has 0 heterocycles. The molecule has 3 rings (SSSR count). The molecule has 0 saturated carbocycles. The average Bonchev–Trinajstić information content (AvgIpc) is 2.89. The van der Waals surface area contributed by atoms with Gasteiger partial charge in [-0.05, 0) is 68.4 Å². The zero-order valence-corrected chi connectivity index (χ0v) is 21.3. The van der Waals surface area contributed by atoms with E-state index in [-0.39, 0.29) is 25.2 Å². The quantitative estimate of drug-likeness (QED) is 0.430. The SMILES string of the molecule is CCOC(=O)[C@H](CCc1ccccc1)N[C@H](C)C(=O)[C@H]1Cc2cc(OC)c(OC)cc2C[C@@H]1C(=O)O. The molecule has 0 aliphatic heterocycles. The van der Waals surface area contributed by atoms with Crippen LogP contribution in [-0.4, -0.2) is 55.7 Å². The molecule has 0 bridgehead atoms. The summed E-state index contributed by atoms with van der Waals surface area (Å²) in [7, 11) is 3.06. The van der Waals surface area contributed by atoms with Crippen LogP contribution in [0.4, 0.5) is 0 Å². The van der Waals surface area contributed by atoms with Gasteiger partial charge in [0.15, 0.2) is 17.3 Å². The van der Waals surface area contributed by atoms with Crippen LogP contribution in [-0.2, 0) is 38.4 Å². The Morgan fingerprint density at radius 3 is 2.11 bits per heavy atom. The zero-order chi connectivity index (χ0) is 26.2. The Bertz CT molecular complexity index is 1070. The first-order valence-electron chi connectivity index (χ1n) is 12.3. The number of rotatable bonds is 12. The predicted molar refractivity (Wildman–Crippen MR) is 134 cm³/mol. The first-order valence-corrected chi connectivity index (χ1v) is 12.3. The lowest BCUT2D eigenvalue weighted by atomic mass is 9.72. The van der Waals surface area contributed by atoms with Crippen molar-refractivity contribution in [1.82, 2.24) is 5.32 Å². The molecule has 0 radical (unpaired) electrons. The largest absolute Gasteiger partial charge is 0.493 e. The van der Waals surface area contributed by atoms with Crippen molar-refractivity contribution in [1.29, 1.82) is 0 Å². The first-order chi connectivity index (χ1) is 17.3. The molecular formula is C28H35NO7. The summed E-state index contributed by atoms with van der Waals surface area (Å²) >= 11 is 0. The average molecular weight is 498 g/mol. The second-order valence-electron chi connectivity index (χ2n) is 9.06. The van der Waals surface area contributed by atoms with Crippen LogP contribution in [0.1, 0.15) is 37.0 Å². The van der Waals surface area contributed by atoms with Gasteiger partial charge >= 0.3 is 11.9 Å². The molecule has 0 aromatic heterocycles. The van der Waals surface area contributed by atoms with Crippen LogP contribution in [0.3, 0.4) is 0 Å². The summed E-state index contributed by atoms with van der Waals surface area (Å²) in [4.78, 5) is 38.4. The number of carbonyl (C=O) groups excluding carboxylic acids is 2. The highest BCUT2D eigenvalue weighted by Crippen LogP contribution is 2.38. The number of carboxylic acid groups (broad SMARTS) is 1. The van der Waals surface area contributed by atoms with Crippen LogP contribution in [0.15, 0.2) is 42.5 Å². The van der Waals surface area contributed by atoms with Crippen molar-refractivity contribution in [2.24, 2.45) is 11.8 Å². The van der Waals surface area contributed by atoms with Crippen LogP contribution in [0, 0.1) is 11.8 Å². The molecule has 2 aromatic carbocycles. The summed E-state index contributed by atoms with van der Waals surface area (Å²) in [6.45, 7) is 3.65. The number of aryl methyl sites for hydroxylation is 1. The van der Waals surface area contributed by atoms with E-state index in [1.54, 1.807) is 19.9 Å². The van der Waals surface area contributed by atoms with E-state index in [0.29, 0.717) is 24.3 Å². The normalized spacial score (nSPS) is 18.4. The van der Waals surface area contributed by atoms with Crippen molar-refractivity contribution in [2.45, 2.75) is 51.6 Å². The minimum absolute atomic E-state index is 0.212. The fraction of sp³-hybridized carbons (Fsp3) is 0.464. The second kappa shape index (κ2) is 12.5. The van der Waals surface area contributed by atoms with E-state index in [4.69, 9.17) is 14.2 Å². The van der Waals surface area contributed by atoms with Crippen molar-refractivity contribution < 1.29 is 33.7 Å². The van der Waals surface area contributed by atoms with Gasteiger partial charge in [-0.15, -0.1) is 0 Å². The summed E-state index contributed by atoms with van der Waals surface area (Å²) in [5.74, 6) is -2.25. The standard InChI is InChI=1S/C28H35NO7/c1-5-36-28(33)23(12-11-18-9-7-6-8-10-18)29-17(2)26(30)21-13-19-15-24(34-3)25(35-4)16-20(19)14-22(21)27(31)32/h6-10,15-17,21-23,29H,5,11-14H2,1-4H3,(H,31,32)/t17-,21+,22+,23+/m1/s1. The summed E-state index contributed by atoms with van der Waals surface area (Å²) in [6, 6.07) is 11.9. The van der Waals surface area contributed by atoms with Crippen molar-refractivity contribution in [3.63, 3.8) is 0 Å². The molecule has 1 aliphatic rings. The van der Waals surface area contributed by atoms with E-state index < -0.39 is 35.9 Å². The highest BCUT2D eigenvalue weighted by molar-refractivity contribution is 5.91. The minimum Gasteiger partial charge on any atom is -0.493 e. The predicted octanol–water partition coefficient (Wildman–Crippen LogP) is 3.23. The number of hydrogen-bond donors (Lipinski definition) is 2. The number of carbonyl (C=O) groups is 3. The van der Waals surface area contributed by atoms with Gasteiger partial charge in [0.1, 0.15) is 6.04 Å². The number of ether oxygens (including phenoxy) is 3. The molecule has 36 heavy (non-hydrogen) atoms. The number of hydrogen-bond acceptors (Lipinski definition) is 7. The van der Waals surface area contributed by atoms with E-state index in [9.17, 15) is 19.5 Å². The second-order valence-corrected chi connectivity index (χ2v) is 9.06. The molecular weight excluding hydrogens is 462 g/mol. The molecule has 1 aliphatic carbocycles. The smallest absolute Gasteiger partial charge is 0.323 e. The number of methoxy groups -OCH3 is 2. The number of Topliss-reactive ketones (excluding diaryl/α,β-unsaturated/α-hetero) is 1. The summed E-state index contributed by atoms with van der Waals surface area (Å²) in [6.07, 6.45) is 1.57. The number of nitrogens with one attached hydrogen (secondary N) is 1. The first kappa shape index (κ1) is 27.2. The third-order valence-electron chi connectivity index (χ3n) is 6.77. The lowest BCUT2D eigenvalue weighted by Gasteiger charge is -2.32. The highest BCUT2D eigenvalue weighted by Gasteiger charge is 2.40. The number of fused-ring (bicyclic) bond motifs is 1. The number of aliphatic carboxylic acids is 1. The Kier molecular flexibility index (Phi) is 9.47. The maximum Gasteiger partial charge on any atom is 0.323 e. The molecule has 8 nitrogen and oxygen atoms in total. The Balaban J connectivity index is 1.79. The molecule has 2 aromatic rings. The van der Waals surface area contributed by atoms with E-state index in [2.05, 4.69) is 5.32 Å². The monoisotopic (exact) mass is 497 g/mol. The molecule has 0 spiro atoms.